The van der Waals surface area contributed by atoms with Crippen molar-refractivity contribution in [3.05, 3.63) is 41.7 Å². The maximum Gasteiger partial charge on any atom is 0.230 e. The number of hydrogen-bond donors (Lipinski definition) is 1. The van der Waals surface area contributed by atoms with Gasteiger partial charge in [0.25, 0.3) is 0 Å². The zero-order valence-corrected chi connectivity index (χ0v) is 11.9. The molecule has 1 aliphatic heterocycles. The van der Waals surface area contributed by atoms with Crippen molar-refractivity contribution in [2.45, 2.75) is 25.7 Å². The monoisotopic (exact) mass is 285 g/mol. The Hall–Kier alpha value is -2.24. The highest BCUT2D eigenvalue weighted by atomic mass is 16.2. The third-order valence-corrected chi connectivity index (χ3v) is 4.03. The highest BCUT2D eigenvalue weighted by molar-refractivity contribution is 5.77. The van der Waals surface area contributed by atoms with E-state index < -0.39 is 0 Å². The molecule has 1 saturated heterocycles. The Bertz CT molecular complexity index is 561. The van der Waals surface area contributed by atoms with E-state index in [9.17, 15) is 4.79 Å². The van der Waals surface area contributed by atoms with Gasteiger partial charge in [0.1, 0.15) is 0 Å². The molecule has 0 unspecified atom stereocenters. The fourth-order valence-corrected chi connectivity index (χ4v) is 2.84. The Kier molecular flexibility index (Phi) is 4.23. The van der Waals surface area contributed by atoms with Gasteiger partial charge in [-0.2, -0.15) is 5.21 Å². The van der Waals surface area contributed by atoms with E-state index in [4.69, 9.17) is 0 Å². The van der Waals surface area contributed by atoms with Gasteiger partial charge in [-0.1, -0.05) is 35.5 Å². The number of likely N-dealkylation sites (tertiary alicyclic amines) is 1. The van der Waals surface area contributed by atoms with E-state index in [1.807, 2.05) is 11.0 Å². The summed E-state index contributed by atoms with van der Waals surface area (Å²) in [4.78, 5) is 14.0. The number of H-pyrrole nitrogens is 1. The van der Waals surface area contributed by atoms with Crippen molar-refractivity contribution in [3.8, 4) is 0 Å². The quantitative estimate of drug-likeness (QED) is 0.916. The molecule has 1 N–H and O–H groups in total. The van der Waals surface area contributed by atoms with Crippen molar-refractivity contribution in [3.63, 3.8) is 0 Å². The average Bonchev–Trinajstić information content (AvgIpc) is 3.02. The molecule has 6 heteroatoms. The van der Waals surface area contributed by atoms with Gasteiger partial charge in [-0.3, -0.25) is 4.79 Å². The second-order valence-corrected chi connectivity index (χ2v) is 5.52. The number of nitrogens with zero attached hydrogens (tertiary/aromatic N) is 4. The molecular formula is C15H19N5O. The van der Waals surface area contributed by atoms with Crippen LogP contribution in [-0.4, -0.2) is 44.5 Å². The van der Waals surface area contributed by atoms with Crippen LogP contribution in [0.2, 0.25) is 0 Å². The molecule has 0 atom stereocenters. The van der Waals surface area contributed by atoms with E-state index in [1.165, 1.54) is 5.56 Å². The molecule has 0 saturated carbocycles. The molecule has 2 heterocycles. The Morgan fingerprint density at radius 3 is 2.67 bits per heavy atom. The largest absolute Gasteiger partial charge is 0.342 e. The number of aromatic amines is 1. The van der Waals surface area contributed by atoms with Crippen LogP contribution in [0, 0.1) is 5.92 Å². The maximum atomic E-state index is 12.1. The smallest absolute Gasteiger partial charge is 0.230 e. The van der Waals surface area contributed by atoms with Crippen LogP contribution in [0.15, 0.2) is 30.3 Å². The average molecular weight is 285 g/mol. The first-order chi connectivity index (χ1) is 10.3. The van der Waals surface area contributed by atoms with E-state index in [-0.39, 0.29) is 12.3 Å². The maximum absolute atomic E-state index is 12.1. The summed E-state index contributed by atoms with van der Waals surface area (Å²) in [5, 5.41) is 13.5. The number of piperidine rings is 1. The fraction of sp³-hybridized carbons (Fsp3) is 0.467. The summed E-state index contributed by atoms with van der Waals surface area (Å²) in [6.45, 7) is 1.66. The summed E-state index contributed by atoms with van der Waals surface area (Å²) < 4.78 is 0. The normalized spacial score (nSPS) is 16.1. The van der Waals surface area contributed by atoms with Gasteiger partial charge in [-0.25, -0.2) is 0 Å². The Morgan fingerprint density at radius 2 is 2.00 bits per heavy atom. The van der Waals surface area contributed by atoms with Crippen LogP contribution in [0.5, 0.6) is 0 Å². The van der Waals surface area contributed by atoms with E-state index >= 15 is 0 Å². The minimum absolute atomic E-state index is 0.0922. The van der Waals surface area contributed by atoms with Gasteiger partial charge >= 0.3 is 0 Å². The molecule has 21 heavy (non-hydrogen) atoms. The number of carbonyl (C=O) groups excluding carboxylic acids is 1. The van der Waals surface area contributed by atoms with E-state index in [2.05, 4.69) is 44.9 Å². The second kappa shape index (κ2) is 6.47. The lowest BCUT2D eigenvalue weighted by atomic mass is 9.90. The van der Waals surface area contributed by atoms with Crippen molar-refractivity contribution in [2.24, 2.45) is 5.92 Å². The molecule has 1 aliphatic rings. The SMILES string of the molecule is O=C(Cc1nn[nH]n1)N1CCC(Cc2ccccc2)CC1. The fourth-order valence-electron chi connectivity index (χ4n) is 2.84. The van der Waals surface area contributed by atoms with Crippen LogP contribution in [0.25, 0.3) is 0 Å². The summed E-state index contributed by atoms with van der Waals surface area (Å²) in [6, 6.07) is 10.6. The molecule has 1 aromatic heterocycles. The number of amides is 1. The molecule has 0 aliphatic carbocycles. The summed E-state index contributed by atoms with van der Waals surface area (Å²) in [5.41, 5.74) is 1.38. The lowest BCUT2D eigenvalue weighted by Crippen LogP contribution is -2.39. The number of hydrogen-bond acceptors (Lipinski definition) is 4. The van der Waals surface area contributed by atoms with Gasteiger partial charge in [0.05, 0.1) is 6.42 Å². The van der Waals surface area contributed by atoms with Crippen molar-refractivity contribution < 1.29 is 4.79 Å². The van der Waals surface area contributed by atoms with Crippen molar-refractivity contribution in [1.29, 1.82) is 0 Å². The minimum atomic E-state index is 0.0922. The van der Waals surface area contributed by atoms with Gasteiger partial charge in [-0.15, -0.1) is 10.2 Å². The number of benzene rings is 1. The predicted octanol–water partition coefficient (Wildman–Crippen LogP) is 1.22. The van der Waals surface area contributed by atoms with Crippen LogP contribution in [0.1, 0.15) is 24.2 Å². The van der Waals surface area contributed by atoms with Crippen molar-refractivity contribution >= 4 is 5.91 Å². The van der Waals surface area contributed by atoms with Crippen LogP contribution in [0.3, 0.4) is 0 Å². The molecule has 2 aromatic rings. The lowest BCUT2D eigenvalue weighted by Gasteiger charge is -2.32. The topological polar surface area (TPSA) is 74.8 Å². The van der Waals surface area contributed by atoms with E-state index in [1.54, 1.807) is 0 Å². The Morgan fingerprint density at radius 1 is 1.24 bits per heavy atom. The third-order valence-electron chi connectivity index (χ3n) is 4.03. The number of carbonyl (C=O) groups is 1. The zero-order valence-electron chi connectivity index (χ0n) is 11.9. The molecule has 3 rings (SSSR count). The van der Waals surface area contributed by atoms with Crippen molar-refractivity contribution in [1.82, 2.24) is 25.5 Å². The first-order valence-electron chi connectivity index (χ1n) is 7.35. The minimum Gasteiger partial charge on any atom is -0.342 e. The summed E-state index contributed by atoms with van der Waals surface area (Å²) in [6.07, 6.45) is 3.47. The third kappa shape index (κ3) is 3.65. The molecule has 1 amide bonds. The molecule has 1 aromatic carbocycles. The molecule has 0 bridgehead atoms. The number of aromatic nitrogens is 4. The Labute approximate surface area is 123 Å². The molecule has 0 radical (unpaired) electrons. The van der Waals surface area contributed by atoms with Gasteiger partial charge in [0.2, 0.25) is 5.91 Å². The van der Waals surface area contributed by atoms with Gasteiger partial charge in [0, 0.05) is 13.1 Å². The van der Waals surface area contributed by atoms with Gasteiger partial charge in [-0.05, 0) is 30.7 Å². The van der Waals surface area contributed by atoms with E-state index in [0.717, 1.165) is 32.4 Å². The lowest BCUT2D eigenvalue weighted by molar-refractivity contribution is -0.131. The van der Waals surface area contributed by atoms with Crippen LogP contribution >= 0.6 is 0 Å². The molecule has 0 spiro atoms. The van der Waals surface area contributed by atoms with E-state index in [0.29, 0.717) is 11.7 Å². The molecule has 6 nitrogen and oxygen atoms in total. The zero-order chi connectivity index (χ0) is 14.5. The predicted molar refractivity (Wildman–Crippen MR) is 77.3 cm³/mol. The van der Waals surface area contributed by atoms with Gasteiger partial charge in [0.15, 0.2) is 5.82 Å². The summed E-state index contributed by atoms with van der Waals surface area (Å²) >= 11 is 0. The highest BCUT2D eigenvalue weighted by Gasteiger charge is 2.23. The van der Waals surface area contributed by atoms with Crippen molar-refractivity contribution in [2.75, 3.05) is 13.1 Å². The Balaban J connectivity index is 1.47. The summed E-state index contributed by atoms with van der Waals surface area (Å²) in [5.74, 6) is 1.22. The first-order valence-corrected chi connectivity index (χ1v) is 7.35. The van der Waals surface area contributed by atoms with Crippen LogP contribution in [0.4, 0.5) is 0 Å². The summed E-state index contributed by atoms with van der Waals surface area (Å²) in [7, 11) is 0. The van der Waals surface area contributed by atoms with Crippen LogP contribution < -0.4 is 0 Å². The second-order valence-electron chi connectivity index (χ2n) is 5.52. The highest BCUT2D eigenvalue weighted by Crippen LogP contribution is 2.21. The molecular weight excluding hydrogens is 266 g/mol. The number of tetrazole rings is 1. The molecule has 1 fully saturated rings. The molecule has 110 valence electrons. The first kappa shape index (κ1) is 13.7. The number of rotatable bonds is 4. The standard InChI is InChI=1S/C15H19N5O/c21-15(11-14-16-18-19-17-14)20-8-6-13(7-9-20)10-12-4-2-1-3-5-12/h1-5,13H,6-11H2,(H,16,17,18,19). The van der Waals surface area contributed by atoms with Crippen LogP contribution in [-0.2, 0) is 17.6 Å². The van der Waals surface area contributed by atoms with Gasteiger partial charge < -0.3 is 4.90 Å². The number of nitrogens with one attached hydrogen (secondary N) is 1.